The number of benzene rings is 1. The Morgan fingerprint density at radius 2 is 2.11 bits per heavy atom. The van der Waals surface area contributed by atoms with Crippen molar-refractivity contribution >= 4 is 28.7 Å². The van der Waals surface area contributed by atoms with E-state index >= 15 is 0 Å². The maximum absolute atomic E-state index is 13.3. The number of halogens is 1. The molecule has 18 heavy (non-hydrogen) atoms. The number of anilines is 1. The van der Waals surface area contributed by atoms with E-state index in [9.17, 15) is 4.39 Å². The molecule has 0 atom stereocenters. The zero-order valence-electron chi connectivity index (χ0n) is 10.0. The lowest BCUT2D eigenvalue weighted by Crippen LogP contribution is -2.25. The highest BCUT2D eigenvalue weighted by Crippen LogP contribution is 2.14. The van der Waals surface area contributed by atoms with Gasteiger partial charge in [0.25, 0.3) is 0 Å². The molecule has 0 saturated heterocycles. The number of rotatable bonds is 2. The molecule has 94 valence electrons. The van der Waals surface area contributed by atoms with E-state index in [0.29, 0.717) is 5.69 Å². The van der Waals surface area contributed by atoms with Gasteiger partial charge in [-0.15, -0.1) is 0 Å². The topological polar surface area (TPSA) is 36.4 Å². The fraction of sp³-hybridized carbons (Fsp3) is 0.231. The average Bonchev–Trinajstić information content (AvgIpc) is 2.76. The van der Waals surface area contributed by atoms with Gasteiger partial charge in [-0.05, 0) is 50.2 Å². The summed E-state index contributed by atoms with van der Waals surface area (Å²) in [6, 6.07) is 6.36. The Morgan fingerprint density at radius 3 is 2.78 bits per heavy atom. The number of thiocarbonyl (C=S) groups is 1. The third-order valence-electron chi connectivity index (χ3n) is 2.61. The summed E-state index contributed by atoms with van der Waals surface area (Å²) in [6.07, 6.45) is 3.98. The van der Waals surface area contributed by atoms with E-state index in [0.717, 1.165) is 18.6 Å². The molecule has 0 amide bonds. The Hall–Kier alpha value is -1.75. The molecule has 0 unspecified atom stereocenters. The monoisotopic (exact) mass is 263 g/mol. The van der Waals surface area contributed by atoms with Gasteiger partial charge in [0.15, 0.2) is 5.11 Å². The Labute approximate surface area is 111 Å². The van der Waals surface area contributed by atoms with Crippen molar-refractivity contribution in [1.29, 1.82) is 0 Å². The average molecular weight is 263 g/mol. The minimum atomic E-state index is -0.342. The first-order valence-corrected chi connectivity index (χ1v) is 6.11. The molecule has 0 aromatic heterocycles. The molecule has 2 rings (SSSR count). The van der Waals surface area contributed by atoms with Crippen molar-refractivity contribution in [2.24, 2.45) is 5.10 Å². The lowest BCUT2D eigenvalue weighted by Gasteiger charge is -2.07. The van der Waals surface area contributed by atoms with Crippen molar-refractivity contribution in [3.05, 3.63) is 41.7 Å². The van der Waals surface area contributed by atoms with Crippen molar-refractivity contribution in [2.45, 2.75) is 19.8 Å². The van der Waals surface area contributed by atoms with Gasteiger partial charge in [0.05, 0.1) is 11.4 Å². The van der Waals surface area contributed by atoms with E-state index in [1.165, 1.54) is 11.6 Å². The van der Waals surface area contributed by atoms with Crippen molar-refractivity contribution in [3.63, 3.8) is 0 Å². The second kappa shape index (κ2) is 5.73. The Bertz CT molecular complexity index is 523. The van der Waals surface area contributed by atoms with Crippen LogP contribution in [0.2, 0.25) is 0 Å². The minimum absolute atomic E-state index is 0.283. The summed E-state index contributed by atoms with van der Waals surface area (Å²) < 4.78 is 13.3. The van der Waals surface area contributed by atoms with E-state index in [2.05, 4.69) is 22.8 Å². The molecule has 5 heteroatoms. The predicted molar refractivity (Wildman–Crippen MR) is 76.2 cm³/mol. The quantitative estimate of drug-likeness (QED) is 0.635. The first-order chi connectivity index (χ1) is 8.65. The van der Waals surface area contributed by atoms with Crippen LogP contribution < -0.4 is 10.7 Å². The first kappa shape index (κ1) is 12.7. The molecule has 0 bridgehead atoms. The van der Waals surface area contributed by atoms with Gasteiger partial charge in [0, 0.05) is 0 Å². The molecule has 0 aliphatic heterocycles. The van der Waals surface area contributed by atoms with Crippen molar-refractivity contribution in [2.75, 3.05) is 5.32 Å². The number of allylic oxidation sites excluding steroid dienone is 2. The third kappa shape index (κ3) is 3.37. The number of para-hydroxylation sites is 1. The molecule has 2 N–H and O–H groups in total. The SMILES string of the molecule is CC1=CC(=NNC(=S)Nc2ccccc2F)CC1. The van der Waals surface area contributed by atoms with Gasteiger partial charge in [0.2, 0.25) is 0 Å². The second-order valence-electron chi connectivity index (χ2n) is 4.14. The fourth-order valence-electron chi connectivity index (χ4n) is 1.68. The van der Waals surface area contributed by atoms with Crippen LogP contribution in [0.25, 0.3) is 0 Å². The lowest BCUT2D eigenvalue weighted by atomic mass is 10.3. The summed E-state index contributed by atoms with van der Waals surface area (Å²) in [6.45, 7) is 2.07. The zero-order chi connectivity index (χ0) is 13.0. The van der Waals surface area contributed by atoms with Crippen molar-refractivity contribution in [3.8, 4) is 0 Å². The van der Waals surface area contributed by atoms with Crippen molar-refractivity contribution in [1.82, 2.24) is 5.43 Å². The van der Waals surface area contributed by atoms with Crippen LogP contribution in [-0.2, 0) is 0 Å². The summed E-state index contributed by atoms with van der Waals surface area (Å²) >= 11 is 5.04. The van der Waals surface area contributed by atoms with E-state index in [4.69, 9.17) is 12.2 Å². The molecule has 0 heterocycles. The van der Waals surface area contributed by atoms with Gasteiger partial charge in [-0.3, -0.25) is 5.43 Å². The van der Waals surface area contributed by atoms with Crippen LogP contribution in [0.1, 0.15) is 19.8 Å². The van der Waals surface area contributed by atoms with Gasteiger partial charge in [-0.25, -0.2) is 4.39 Å². The minimum Gasteiger partial charge on any atom is -0.329 e. The normalized spacial score (nSPS) is 16.6. The molecule has 3 nitrogen and oxygen atoms in total. The molecule has 1 aromatic carbocycles. The van der Waals surface area contributed by atoms with Crippen LogP contribution in [0.5, 0.6) is 0 Å². The van der Waals surface area contributed by atoms with E-state index in [-0.39, 0.29) is 10.9 Å². The molecule has 0 saturated carbocycles. The predicted octanol–water partition coefficient (Wildman–Crippen LogP) is 3.21. The zero-order valence-corrected chi connectivity index (χ0v) is 10.9. The van der Waals surface area contributed by atoms with Crippen LogP contribution in [0.3, 0.4) is 0 Å². The van der Waals surface area contributed by atoms with Crippen LogP contribution in [0.4, 0.5) is 10.1 Å². The highest BCUT2D eigenvalue weighted by Gasteiger charge is 2.07. The Balaban J connectivity index is 1.92. The van der Waals surface area contributed by atoms with Gasteiger partial charge in [0.1, 0.15) is 5.82 Å². The maximum Gasteiger partial charge on any atom is 0.191 e. The number of nitrogens with one attached hydrogen (secondary N) is 2. The summed E-state index contributed by atoms with van der Waals surface area (Å²) in [7, 11) is 0. The molecule has 0 fully saturated rings. The molecular formula is C13H14FN3S. The molecule has 1 aliphatic carbocycles. The first-order valence-electron chi connectivity index (χ1n) is 5.70. The Kier molecular flexibility index (Phi) is 4.04. The smallest absolute Gasteiger partial charge is 0.191 e. The standard InChI is InChI=1S/C13H14FN3S/c1-9-6-7-10(8-9)16-17-13(18)15-12-5-3-2-4-11(12)14/h2-5,8H,6-7H2,1H3,(H2,15,17,18). The summed E-state index contributed by atoms with van der Waals surface area (Å²) in [5, 5.41) is 7.21. The second-order valence-corrected chi connectivity index (χ2v) is 4.55. The highest BCUT2D eigenvalue weighted by atomic mass is 32.1. The van der Waals surface area contributed by atoms with Gasteiger partial charge in [-0.2, -0.15) is 5.10 Å². The summed E-state index contributed by atoms with van der Waals surface area (Å²) in [4.78, 5) is 0. The number of hydrogen-bond acceptors (Lipinski definition) is 2. The highest BCUT2D eigenvalue weighted by molar-refractivity contribution is 7.80. The van der Waals surface area contributed by atoms with Crippen LogP contribution in [0.15, 0.2) is 41.0 Å². The lowest BCUT2D eigenvalue weighted by molar-refractivity contribution is 0.632. The molecule has 1 aromatic rings. The van der Waals surface area contributed by atoms with Gasteiger partial charge < -0.3 is 5.32 Å². The third-order valence-corrected chi connectivity index (χ3v) is 2.80. The molecule has 0 spiro atoms. The molecular weight excluding hydrogens is 249 g/mol. The van der Waals surface area contributed by atoms with Gasteiger partial charge in [-0.1, -0.05) is 17.7 Å². The number of nitrogens with zero attached hydrogens (tertiary/aromatic N) is 1. The van der Waals surface area contributed by atoms with E-state index < -0.39 is 0 Å². The van der Waals surface area contributed by atoms with Crippen LogP contribution in [-0.4, -0.2) is 10.8 Å². The van der Waals surface area contributed by atoms with E-state index in [1.807, 2.05) is 6.08 Å². The summed E-state index contributed by atoms with van der Waals surface area (Å²) in [5.41, 5.74) is 5.33. The fourth-order valence-corrected chi connectivity index (χ4v) is 1.83. The van der Waals surface area contributed by atoms with Crippen LogP contribution >= 0.6 is 12.2 Å². The largest absolute Gasteiger partial charge is 0.329 e. The van der Waals surface area contributed by atoms with E-state index in [1.54, 1.807) is 18.2 Å². The van der Waals surface area contributed by atoms with Crippen molar-refractivity contribution < 1.29 is 4.39 Å². The molecule has 0 radical (unpaired) electrons. The van der Waals surface area contributed by atoms with Crippen LogP contribution in [0, 0.1) is 5.82 Å². The number of hydrogen-bond donors (Lipinski definition) is 2. The number of hydrazone groups is 1. The van der Waals surface area contributed by atoms with Gasteiger partial charge >= 0.3 is 0 Å². The molecule has 1 aliphatic rings. The maximum atomic E-state index is 13.3. The summed E-state index contributed by atoms with van der Waals surface area (Å²) in [5.74, 6) is -0.342. The Morgan fingerprint density at radius 1 is 1.33 bits per heavy atom.